The number of ether oxygens (including phenoxy) is 1. The molecule has 0 saturated heterocycles. The van der Waals surface area contributed by atoms with E-state index in [1.54, 1.807) is 12.3 Å². The summed E-state index contributed by atoms with van der Waals surface area (Å²) in [5.41, 5.74) is 7.57. The van der Waals surface area contributed by atoms with Gasteiger partial charge in [0.25, 0.3) is 5.91 Å². The molecule has 7 heteroatoms. The van der Waals surface area contributed by atoms with Gasteiger partial charge in [-0.05, 0) is 65.1 Å². The highest BCUT2D eigenvalue weighted by atomic mass is 35.5. The van der Waals surface area contributed by atoms with E-state index in [1.807, 2.05) is 60.7 Å². The summed E-state index contributed by atoms with van der Waals surface area (Å²) in [4.78, 5) is 12.4. The van der Waals surface area contributed by atoms with Gasteiger partial charge in [0, 0.05) is 10.6 Å². The summed E-state index contributed by atoms with van der Waals surface area (Å²) >= 11 is 5.91. The van der Waals surface area contributed by atoms with Crippen LogP contribution in [0.1, 0.15) is 46.9 Å². The fraction of sp³-hybridized carbons (Fsp3) is 0.148. The van der Waals surface area contributed by atoms with Crippen LogP contribution in [0.4, 0.5) is 0 Å². The Hall–Kier alpha value is -3.90. The number of aromatic amines is 1. The van der Waals surface area contributed by atoms with Crippen LogP contribution in [0.2, 0.25) is 5.02 Å². The SMILES string of the molecule is CC(C)c1ccc(/C=N/NC(=O)c2cc(-c3ccc(OCc4ccc(Cl)cc4)cc3)n[nH]2)cc1. The van der Waals surface area contributed by atoms with Gasteiger partial charge >= 0.3 is 0 Å². The molecular formula is C27H25ClN4O2. The largest absolute Gasteiger partial charge is 0.489 e. The fourth-order valence-electron chi connectivity index (χ4n) is 3.25. The van der Waals surface area contributed by atoms with Gasteiger partial charge in [-0.2, -0.15) is 10.2 Å². The first-order valence-electron chi connectivity index (χ1n) is 10.9. The quantitative estimate of drug-likeness (QED) is 0.237. The molecule has 0 fully saturated rings. The molecule has 0 unspecified atom stereocenters. The summed E-state index contributed by atoms with van der Waals surface area (Å²) < 4.78 is 5.81. The van der Waals surface area contributed by atoms with Gasteiger partial charge in [0.05, 0.1) is 11.9 Å². The normalized spacial score (nSPS) is 11.2. The van der Waals surface area contributed by atoms with Gasteiger partial charge in [-0.1, -0.05) is 61.8 Å². The number of halogens is 1. The van der Waals surface area contributed by atoms with E-state index in [4.69, 9.17) is 16.3 Å². The second kappa shape index (κ2) is 10.8. The summed E-state index contributed by atoms with van der Waals surface area (Å²) in [6, 6.07) is 24.8. The highest BCUT2D eigenvalue weighted by Crippen LogP contribution is 2.22. The van der Waals surface area contributed by atoms with E-state index in [2.05, 4.69) is 46.7 Å². The third-order valence-electron chi connectivity index (χ3n) is 5.27. The number of nitrogens with one attached hydrogen (secondary N) is 2. The van der Waals surface area contributed by atoms with E-state index in [9.17, 15) is 4.79 Å². The number of hydrazone groups is 1. The smallest absolute Gasteiger partial charge is 0.289 e. The maximum Gasteiger partial charge on any atom is 0.289 e. The number of aromatic nitrogens is 2. The number of hydrogen-bond acceptors (Lipinski definition) is 4. The second-order valence-electron chi connectivity index (χ2n) is 8.13. The number of benzene rings is 3. The minimum absolute atomic E-state index is 0.324. The van der Waals surface area contributed by atoms with E-state index < -0.39 is 0 Å². The van der Waals surface area contributed by atoms with Crippen LogP contribution in [0.25, 0.3) is 11.3 Å². The number of amides is 1. The molecule has 172 valence electrons. The Kier molecular flexibility index (Phi) is 7.40. The Morgan fingerprint density at radius 3 is 2.44 bits per heavy atom. The van der Waals surface area contributed by atoms with Crippen molar-refractivity contribution in [1.82, 2.24) is 15.6 Å². The molecule has 0 aliphatic carbocycles. The van der Waals surface area contributed by atoms with Crippen molar-refractivity contribution >= 4 is 23.7 Å². The fourth-order valence-corrected chi connectivity index (χ4v) is 3.37. The van der Waals surface area contributed by atoms with Crippen molar-refractivity contribution in [2.45, 2.75) is 26.4 Å². The molecule has 4 rings (SSSR count). The average Bonchev–Trinajstić information content (AvgIpc) is 3.35. The zero-order valence-corrected chi connectivity index (χ0v) is 19.7. The number of rotatable bonds is 8. The molecule has 1 amide bonds. The zero-order chi connectivity index (χ0) is 23.9. The van der Waals surface area contributed by atoms with Gasteiger partial charge in [-0.15, -0.1) is 0 Å². The number of H-pyrrole nitrogens is 1. The number of carbonyl (C=O) groups excluding carboxylic acids is 1. The van der Waals surface area contributed by atoms with Crippen LogP contribution in [-0.2, 0) is 6.61 Å². The van der Waals surface area contributed by atoms with Gasteiger partial charge in [0.15, 0.2) is 0 Å². The first-order valence-corrected chi connectivity index (χ1v) is 11.3. The lowest BCUT2D eigenvalue weighted by Gasteiger charge is -2.07. The van der Waals surface area contributed by atoms with Gasteiger partial charge in [0.2, 0.25) is 0 Å². The topological polar surface area (TPSA) is 79.4 Å². The molecule has 3 aromatic carbocycles. The van der Waals surface area contributed by atoms with Gasteiger partial charge < -0.3 is 4.74 Å². The molecule has 0 aliphatic rings. The average molecular weight is 473 g/mol. The zero-order valence-electron chi connectivity index (χ0n) is 19.0. The first-order chi connectivity index (χ1) is 16.5. The molecule has 1 aromatic heterocycles. The summed E-state index contributed by atoms with van der Waals surface area (Å²) in [5.74, 6) is 0.845. The third kappa shape index (κ3) is 6.11. The molecule has 0 saturated carbocycles. The number of hydrogen-bond donors (Lipinski definition) is 2. The molecular weight excluding hydrogens is 448 g/mol. The second-order valence-corrected chi connectivity index (χ2v) is 8.56. The predicted molar refractivity (Wildman–Crippen MR) is 135 cm³/mol. The molecule has 4 aromatic rings. The minimum atomic E-state index is -0.364. The molecule has 0 bridgehead atoms. The van der Waals surface area contributed by atoms with Crippen LogP contribution >= 0.6 is 11.6 Å². The lowest BCUT2D eigenvalue weighted by atomic mass is 10.0. The Morgan fingerprint density at radius 1 is 1.06 bits per heavy atom. The van der Waals surface area contributed by atoms with Crippen molar-refractivity contribution in [2.24, 2.45) is 5.10 Å². The maximum atomic E-state index is 12.4. The van der Waals surface area contributed by atoms with Crippen molar-refractivity contribution in [1.29, 1.82) is 0 Å². The van der Waals surface area contributed by atoms with Gasteiger partial charge in [-0.3, -0.25) is 9.89 Å². The number of carbonyl (C=O) groups is 1. The lowest BCUT2D eigenvalue weighted by molar-refractivity contribution is 0.0950. The molecule has 6 nitrogen and oxygen atoms in total. The van der Waals surface area contributed by atoms with Crippen molar-refractivity contribution < 1.29 is 9.53 Å². The molecule has 0 aliphatic heterocycles. The molecule has 0 spiro atoms. The Bertz CT molecular complexity index is 1260. The third-order valence-corrected chi connectivity index (χ3v) is 5.53. The monoisotopic (exact) mass is 472 g/mol. The van der Waals surface area contributed by atoms with E-state index in [0.29, 0.717) is 28.9 Å². The van der Waals surface area contributed by atoms with Crippen LogP contribution in [0.3, 0.4) is 0 Å². The van der Waals surface area contributed by atoms with Crippen molar-refractivity contribution in [3.8, 4) is 17.0 Å². The van der Waals surface area contributed by atoms with E-state index in [0.717, 1.165) is 22.4 Å². The number of nitrogens with zero attached hydrogens (tertiary/aromatic N) is 2. The highest BCUT2D eigenvalue weighted by Gasteiger charge is 2.10. The standard InChI is InChI=1S/C27H25ClN4O2/c1-18(2)21-7-3-19(4-8-21)16-29-32-27(33)26-15-25(30-31-26)22-9-13-24(14-10-22)34-17-20-5-11-23(28)12-6-20/h3-16,18H,17H2,1-2H3,(H,30,31)(H,32,33)/b29-16+. The van der Waals surface area contributed by atoms with Crippen LogP contribution in [0, 0.1) is 0 Å². The van der Waals surface area contributed by atoms with Crippen molar-refractivity contribution in [2.75, 3.05) is 0 Å². The molecule has 1 heterocycles. The molecule has 34 heavy (non-hydrogen) atoms. The Balaban J connectivity index is 1.32. The van der Waals surface area contributed by atoms with Crippen LogP contribution < -0.4 is 10.2 Å². The lowest BCUT2D eigenvalue weighted by Crippen LogP contribution is -2.18. The van der Waals surface area contributed by atoms with Gasteiger partial charge in [0.1, 0.15) is 18.1 Å². The predicted octanol–water partition coefficient (Wildman–Crippen LogP) is 6.20. The highest BCUT2D eigenvalue weighted by molar-refractivity contribution is 6.30. The molecule has 0 atom stereocenters. The summed E-state index contributed by atoms with van der Waals surface area (Å²) in [5, 5.41) is 11.7. The Morgan fingerprint density at radius 2 is 1.76 bits per heavy atom. The van der Waals surface area contributed by atoms with Crippen LogP contribution in [0.15, 0.2) is 84.0 Å². The molecule has 0 radical (unpaired) electrons. The summed E-state index contributed by atoms with van der Waals surface area (Å²) in [6.45, 7) is 4.74. The van der Waals surface area contributed by atoms with Crippen molar-refractivity contribution in [3.63, 3.8) is 0 Å². The van der Waals surface area contributed by atoms with E-state index in [1.165, 1.54) is 5.56 Å². The maximum absolute atomic E-state index is 12.4. The van der Waals surface area contributed by atoms with Crippen LogP contribution in [-0.4, -0.2) is 22.3 Å². The van der Waals surface area contributed by atoms with Crippen LogP contribution in [0.5, 0.6) is 5.75 Å². The minimum Gasteiger partial charge on any atom is -0.489 e. The Labute approximate surface area is 203 Å². The van der Waals surface area contributed by atoms with Crippen molar-refractivity contribution in [3.05, 3.63) is 106 Å². The summed E-state index contributed by atoms with van der Waals surface area (Å²) in [7, 11) is 0. The van der Waals surface area contributed by atoms with E-state index in [-0.39, 0.29) is 5.91 Å². The molecule has 2 N–H and O–H groups in total. The van der Waals surface area contributed by atoms with Gasteiger partial charge in [-0.25, -0.2) is 5.43 Å². The van der Waals surface area contributed by atoms with E-state index >= 15 is 0 Å². The summed E-state index contributed by atoms with van der Waals surface area (Å²) in [6.07, 6.45) is 1.61. The first kappa shape index (κ1) is 23.3.